The maximum absolute atomic E-state index is 11.9. The number of amides is 1. The minimum Gasteiger partial charge on any atom is -0.397 e. The minimum atomic E-state index is -3.05. The summed E-state index contributed by atoms with van der Waals surface area (Å²) in [5.41, 5.74) is 6.84. The van der Waals surface area contributed by atoms with Gasteiger partial charge in [-0.1, -0.05) is 0 Å². The van der Waals surface area contributed by atoms with E-state index in [9.17, 15) is 13.2 Å². The van der Waals surface area contributed by atoms with Crippen LogP contribution in [0.15, 0.2) is 12.3 Å². The van der Waals surface area contributed by atoms with Crippen molar-refractivity contribution in [2.45, 2.75) is 13.3 Å². The molecule has 0 bridgehead atoms. The zero-order chi connectivity index (χ0) is 13.3. The highest BCUT2D eigenvalue weighted by Gasteiger charge is 2.33. The van der Waals surface area contributed by atoms with Crippen LogP contribution in [0.25, 0.3) is 0 Å². The van der Waals surface area contributed by atoms with Crippen molar-refractivity contribution in [3.05, 3.63) is 17.8 Å². The summed E-state index contributed by atoms with van der Waals surface area (Å²) < 4.78 is 22.6. The van der Waals surface area contributed by atoms with Crippen LogP contribution in [0.4, 0.5) is 11.5 Å². The number of carbonyl (C=O) groups excluding carboxylic acids is 1. The predicted octanol–water partition coefficient (Wildman–Crippen LogP) is 0.345. The van der Waals surface area contributed by atoms with Crippen molar-refractivity contribution in [1.29, 1.82) is 0 Å². The van der Waals surface area contributed by atoms with Crippen LogP contribution in [0.5, 0.6) is 0 Å². The third-order valence-electron chi connectivity index (χ3n) is 2.94. The molecule has 1 fully saturated rings. The van der Waals surface area contributed by atoms with Gasteiger partial charge in [0.2, 0.25) is 5.91 Å². The Balaban J connectivity index is 2.08. The van der Waals surface area contributed by atoms with Gasteiger partial charge in [-0.2, -0.15) is 0 Å². The molecule has 1 aromatic heterocycles. The highest BCUT2D eigenvalue weighted by atomic mass is 32.2. The number of hydrogen-bond donors (Lipinski definition) is 2. The first-order valence-corrected chi connectivity index (χ1v) is 7.43. The second-order valence-corrected chi connectivity index (χ2v) is 6.75. The van der Waals surface area contributed by atoms with E-state index in [0.717, 1.165) is 5.56 Å². The van der Waals surface area contributed by atoms with Crippen molar-refractivity contribution < 1.29 is 13.2 Å². The van der Waals surface area contributed by atoms with Gasteiger partial charge in [-0.3, -0.25) is 4.79 Å². The lowest BCUT2D eigenvalue weighted by Crippen LogP contribution is -2.24. The predicted molar refractivity (Wildman–Crippen MR) is 68.8 cm³/mol. The van der Waals surface area contributed by atoms with Crippen molar-refractivity contribution in [2.24, 2.45) is 5.92 Å². The summed E-state index contributed by atoms with van der Waals surface area (Å²) in [6.07, 6.45) is 1.83. The topological polar surface area (TPSA) is 102 Å². The SMILES string of the molecule is Cc1cc(N)cnc1NC(=O)C1CCS(=O)(=O)C1. The lowest BCUT2D eigenvalue weighted by atomic mass is 10.1. The number of hydrogen-bond acceptors (Lipinski definition) is 5. The summed E-state index contributed by atoms with van der Waals surface area (Å²) in [6, 6.07) is 1.70. The highest BCUT2D eigenvalue weighted by Crippen LogP contribution is 2.21. The van der Waals surface area contributed by atoms with Crippen molar-refractivity contribution in [2.75, 3.05) is 22.6 Å². The van der Waals surface area contributed by atoms with Crippen LogP contribution in [-0.2, 0) is 14.6 Å². The van der Waals surface area contributed by atoms with Gasteiger partial charge < -0.3 is 11.1 Å². The zero-order valence-corrected chi connectivity index (χ0v) is 10.8. The molecule has 3 N–H and O–H groups in total. The van der Waals surface area contributed by atoms with Crippen LogP contribution in [0.1, 0.15) is 12.0 Å². The number of pyridine rings is 1. The number of nitrogens with zero attached hydrogens (tertiary/aromatic N) is 1. The molecule has 6 nitrogen and oxygen atoms in total. The molecule has 18 heavy (non-hydrogen) atoms. The van der Waals surface area contributed by atoms with Gasteiger partial charge in [0.25, 0.3) is 0 Å². The smallest absolute Gasteiger partial charge is 0.229 e. The highest BCUT2D eigenvalue weighted by molar-refractivity contribution is 7.91. The van der Waals surface area contributed by atoms with E-state index in [4.69, 9.17) is 5.73 Å². The molecule has 98 valence electrons. The fourth-order valence-electron chi connectivity index (χ4n) is 1.95. The Morgan fingerprint density at radius 1 is 1.56 bits per heavy atom. The fourth-order valence-corrected chi connectivity index (χ4v) is 3.69. The molecule has 0 spiro atoms. The first-order valence-electron chi connectivity index (χ1n) is 5.61. The van der Waals surface area contributed by atoms with Gasteiger partial charge in [0.1, 0.15) is 5.82 Å². The van der Waals surface area contributed by atoms with Crippen molar-refractivity contribution in [3.8, 4) is 0 Å². The van der Waals surface area contributed by atoms with E-state index in [0.29, 0.717) is 17.9 Å². The van der Waals surface area contributed by atoms with Gasteiger partial charge >= 0.3 is 0 Å². The Hall–Kier alpha value is -1.63. The maximum Gasteiger partial charge on any atom is 0.229 e. The van der Waals surface area contributed by atoms with Crippen LogP contribution < -0.4 is 11.1 Å². The molecular weight excluding hydrogens is 254 g/mol. The first-order chi connectivity index (χ1) is 8.37. The molecule has 1 amide bonds. The standard InChI is InChI=1S/C11H15N3O3S/c1-7-4-9(12)5-13-10(7)14-11(15)8-2-3-18(16,17)6-8/h4-5,8H,2-3,6,12H2,1H3,(H,13,14,15). The molecule has 0 aromatic carbocycles. The molecule has 1 aliphatic heterocycles. The van der Waals surface area contributed by atoms with Crippen LogP contribution in [0, 0.1) is 12.8 Å². The van der Waals surface area contributed by atoms with Crippen LogP contribution >= 0.6 is 0 Å². The second-order valence-electron chi connectivity index (χ2n) is 4.52. The molecule has 1 aromatic rings. The van der Waals surface area contributed by atoms with Gasteiger partial charge in [0.15, 0.2) is 9.84 Å². The quantitative estimate of drug-likeness (QED) is 0.806. The van der Waals surface area contributed by atoms with E-state index in [1.807, 2.05) is 0 Å². The largest absolute Gasteiger partial charge is 0.397 e. The zero-order valence-electron chi connectivity index (χ0n) is 10.0. The van der Waals surface area contributed by atoms with Crippen LogP contribution in [0.3, 0.4) is 0 Å². The Labute approximate surface area is 106 Å². The normalized spacial score (nSPS) is 21.7. The van der Waals surface area contributed by atoms with E-state index >= 15 is 0 Å². The Morgan fingerprint density at radius 2 is 2.28 bits per heavy atom. The van der Waals surface area contributed by atoms with E-state index in [1.54, 1.807) is 13.0 Å². The fraction of sp³-hybridized carbons (Fsp3) is 0.455. The maximum atomic E-state index is 11.9. The monoisotopic (exact) mass is 269 g/mol. The van der Waals surface area contributed by atoms with Crippen LogP contribution in [-0.4, -0.2) is 30.8 Å². The summed E-state index contributed by atoms with van der Waals surface area (Å²) >= 11 is 0. The third kappa shape index (κ3) is 2.79. The first kappa shape index (κ1) is 12.8. The molecule has 1 unspecified atom stereocenters. The number of nitrogen functional groups attached to an aromatic ring is 1. The lowest BCUT2D eigenvalue weighted by Gasteiger charge is -2.10. The summed E-state index contributed by atoms with van der Waals surface area (Å²) in [7, 11) is -3.05. The molecule has 7 heteroatoms. The Bertz CT molecular complexity index is 583. The molecule has 1 atom stereocenters. The van der Waals surface area contributed by atoms with Crippen LogP contribution in [0.2, 0.25) is 0 Å². The number of carbonyl (C=O) groups is 1. The molecule has 0 radical (unpaired) electrons. The number of aryl methyl sites for hydroxylation is 1. The van der Waals surface area contributed by atoms with Crippen molar-refractivity contribution in [1.82, 2.24) is 4.98 Å². The van der Waals surface area contributed by atoms with Gasteiger partial charge in [-0.15, -0.1) is 0 Å². The van der Waals surface area contributed by atoms with Crippen molar-refractivity contribution in [3.63, 3.8) is 0 Å². The van der Waals surface area contributed by atoms with E-state index < -0.39 is 15.8 Å². The number of rotatable bonds is 2. The molecule has 0 saturated carbocycles. The molecule has 2 rings (SSSR count). The van der Waals surface area contributed by atoms with E-state index in [2.05, 4.69) is 10.3 Å². The van der Waals surface area contributed by atoms with Gasteiger partial charge in [0.05, 0.1) is 29.3 Å². The summed E-state index contributed by atoms with van der Waals surface area (Å²) in [5.74, 6) is -0.338. The number of anilines is 2. The summed E-state index contributed by atoms with van der Waals surface area (Å²) in [4.78, 5) is 15.9. The molecule has 1 aliphatic rings. The van der Waals surface area contributed by atoms with Crippen molar-refractivity contribution >= 4 is 27.2 Å². The number of nitrogens with two attached hydrogens (primary N) is 1. The minimum absolute atomic E-state index is 0.0765. The Morgan fingerprint density at radius 3 is 2.83 bits per heavy atom. The van der Waals surface area contributed by atoms with E-state index in [1.165, 1.54) is 6.20 Å². The molecular formula is C11H15N3O3S. The molecule has 2 heterocycles. The summed E-state index contributed by atoms with van der Waals surface area (Å²) in [5, 5.41) is 2.65. The number of sulfone groups is 1. The number of nitrogens with one attached hydrogen (secondary N) is 1. The van der Waals surface area contributed by atoms with Gasteiger partial charge in [0, 0.05) is 0 Å². The average Bonchev–Trinajstić information content (AvgIpc) is 2.63. The lowest BCUT2D eigenvalue weighted by molar-refractivity contribution is -0.119. The average molecular weight is 269 g/mol. The Kier molecular flexibility index (Phi) is 3.25. The third-order valence-corrected chi connectivity index (χ3v) is 4.71. The van der Waals surface area contributed by atoms with Gasteiger partial charge in [-0.25, -0.2) is 13.4 Å². The molecule has 1 saturated heterocycles. The number of aromatic nitrogens is 1. The van der Waals surface area contributed by atoms with E-state index in [-0.39, 0.29) is 17.4 Å². The second kappa shape index (κ2) is 4.56. The van der Waals surface area contributed by atoms with Gasteiger partial charge in [-0.05, 0) is 25.0 Å². The molecule has 0 aliphatic carbocycles. The summed E-state index contributed by atoms with van der Waals surface area (Å²) in [6.45, 7) is 1.78.